The van der Waals surface area contributed by atoms with Crippen molar-refractivity contribution in [3.05, 3.63) is 65.0 Å². The first-order valence-corrected chi connectivity index (χ1v) is 6.20. The highest BCUT2D eigenvalue weighted by Gasteiger charge is 2.11. The number of hydrogen-bond donors (Lipinski definition) is 1. The SMILES string of the molecule is Cc1ccc(F)cc1OCC(O)c1ccccc1C. The maximum Gasteiger partial charge on any atom is 0.126 e. The lowest BCUT2D eigenvalue weighted by molar-refractivity contribution is 0.107. The van der Waals surface area contributed by atoms with Gasteiger partial charge < -0.3 is 9.84 Å². The van der Waals surface area contributed by atoms with Crippen LogP contribution >= 0.6 is 0 Å². The summed E-state index contributed by atoms with van der Waals surface area (Å²) in [7, 11) is 0. The van der Waals surface area contributed by atoms with Gasteiger partial charge in [-0.2, -0.15) is 0 Å². The third-order valence-corrected chi connectivity index (χ3v) is 3.09. The van der Waals surface area contributed by atoms with Gasteiger partial charge in [0.05, 0.1) is 0 Å². The lowest BCUT2D eigenvalue weighted by Gasteiger charge is -2.15. The third-order valence-electron chi connectivity index (χ3n) is 3.09. The molecule has 2 rings (SSSR count). The van der Waals surface area contributed by atoms with Crippen LogP contribution in [0.25, 0.3) is 0 Å². The fourth-order valence-corrected chi connectivity index (χ4v) is 1.95. The van der Waals surface area contributed by atoms with E-state index in [0.29, 0.717) is 5.75 Å². The van der Waals surface area contributed by atoms with E-state index < -0.39 is 6.10 Å². The molecule has 0 amide bonds. The van der Waals surface area contributed by atoms with Crippen LogP contribution in [0, 0.1) is 19.7 Å². The summed E-state index contributed by atoms with van der Waals surface area (Å²) in [5.41, 5.74) is 2.68. The summed E-state index contributed by atoms with van der Waals surface area (Å²) in [5, 5.41) is 10.1. The zero-order valence-electron chi connectivity index (χ0n) is 11.1. The molecule has 0 aliphatic carbocycles. The maximum absolute atomic E-state index is 13.1. The van der Waals surface area contributed by atoms with Crippen molar-refractivity contribution in [3.63, 3.8) is 0 Å². The highest BCUT2D eigenvalue weighted by atomic mass is 19.1. The van der Waals surface area contributed by atoms with Crippen molar-refractivity contribution in [3.8, 4) is 5.75 Å². The number of rotatable bonds is 4. The van der Waals surface area contributed by atoms with Crippen molar-refractivity contribution < 1.29 is 14.2 Å². The van der Waals surface area contributed by atoms with Crippen molar-refractivity contribution in [2.75, 3.05) is 6.61 Å². The molecule has 0 spiro atoms. The molecule has 0 heterocycles. The zero-order valence-corrected chi connectivity index (χ0v) is 11.1. The number of aliphatic hydroxyl groups excluding tert-OH is 1. The van der Waals surface area contributed by atoms with Gasteiger partial charge in [0.1, 0.15) is 24.3 Å². The molecule has 0 radical (unpaired) electrons. The minimum absolute atomic E-state index is 0.106. The molecule has 0 aromatic heterocycles. The highest BCUT2D eigenvalue weighted by molar-refractivity contribution is 5.33. The first-order valence-electron chi connectivity index (χ1n) is 6.20. The Morgan fingerprint density at radius 3 is 2.58 bits per heavy atom. The lowest BCUT2D eigenvalue weighted by atomic mass is 10.0. The monoisotopic (exact) mass is 260 g/mol. The van der Waals surface area contributed by atoms with E-state index in [-0.39, 0.29) is 12.4 Å². The second-order valence-corrected chi connectivity index (χ2v) is 4.59. The largest absolute Gasteiger partial charge is 0.490 e. The Balaban J connectivity index is 2.06. The number of aryl methyl sites for hydroxylation is 2. The average Bonchev–Trinajstić information content (AvgIpc) is 2.40. The molecule has 0 fully saturated rings. The molecule has 1 atom stereocenters. The van der Waals surface area contributed by atoms with Crippen LogP contribution in [-0.4, -0.2) is 11.7 Å². The molecule has 0 aliphatic rings. The quantitative estimate of drug-likeness (QED) is 0.910. The van der Waals surface area contributed by atoms with Crippen LogP contribution in [0.5, 0.6) is 5.75 Å². The zero-order chi connectivity index (χ0) is 13.8. The van der Waals surface area contributed by atoms with Crippen molar-refractivity contribution >= 4 is 0 Å². The molecule has 19 heavy (non-hydrogen) atoms. The summed E-state index contributed by atoms with van der Waals surface area (Å²) in [5.74, 6) is 0.124. The highest BCUT2D eigenvalue weighted by Crippen LogP contribution is 2.22. The Labute approximate surface area is 112 Å². The standard InChI is InChI=1S/C16H17FO2/c1-11-5-3-4-6-14(11)15(18)10-19-16-9-13(17)8-7-12(16)2/h3-9,15,18H,10H2,1-2H3. The van der Waals surface area contributed by atoms with Gasteiger partial charge in [0.25, 0.3) is 0 Å². The lowest BCUT2D eigenvalue weighted by Crippen LogP contribution is -2.11. The normalized spacial score (nSPS) is 12.2. The van der Waals surface area contributed by atoms with E-state index in [1.807, 2.05) is 38.1 Å². The predicted octanol–water partition coefficient (Wildman–Crippen LogP) is 3.55. The number of halogens is 1. The summed E-state index contributed by atoms with van der Waals surface area (Å²) in [6.45, 7) is 3.88. The number of aliphatic hydroxyl groups is 1. The van der Waals surface area contributed by atoms with Gasteiger partial charge in [-0.3, -0.25) is 0 Å². The molecule has 0 saturated carbocycles. The molecule has 2 aromatic rings. The first kappa shape index (κ1) is 13.6. The van der Waals surface area contributed by atoms with E-state index in [2.05, 4.69) is 0 Å². The Kier molecular flexibility index (Phi) is 4.17. The van der Waals surface area contributed by atoms with Gasteiger partial charge in [-0.05, 0) is 36.6 Å². The summed E-state index contributed by atoms with van der Waals surface area (Å²) >= 11 is 0. The van der Waals surface area contributed by atoms with Crippen LogP contribution in [0.15, 0.2) is 42.5 Å². The summed E-state index contributed by atoms with van der Waals surface area (Å²) in [4.78, 5) is 0. The van der Waals surface area contributed by atoms with E-state index in [1.165, 1.54) is 12.1 Å². The molecular weight excluding hydrogens is 243 g/mol. The molecule has 3 heteroatoms. The van der Waals surface area contributed by atoms with Crippen LogP contribution in [0.4, 0.5) is 4.39 Å². The van der Waals surface area contributed by atoms with Crippen LogP contribution in [0.2, 0.25) is 0 Å². The smallest absolute Gasteiger partial charge is 0.126 e. The van der Waals surface area contributed by atoms with E-state index in [9.17, 15) is 9.50 Å². The Bertz CT molecular complexity index is 566. The van der Waals surface area contributed by atoms with Gasteiger partial charge >= 0.3 is 0 Å². The van der Waals surface area contributed by atoms with Gasteiger partial charge in [-0.25, -0.2) is 4.39 Å². The van der Waals surface area contributed by atoms with Crippen LogP contribution in [0.1, 0.15) is 22.8 Å². The van der Waals surface area contributed by atoms with E-state index in [4.69, 9.17) is 4.74 Å². The molecule has 100 valence electrons. The fourth-order valence-electron chi connectivity index (χ4n) is 1.95. The second kappa shape index (κ2) is 5.85. The third kappa shape index (κ3) is 3.32. The number of benzene rings is 2. The van der Waals surface area contributed by atoms with E-state index in [1.54, 1.807) is 6.07 Å². The van der Waals surface area contributed by atoms with Crippen LogP contribution < -0.4 is 4.74 Å². The Hall–Kier alpha value is -1.87. The minimum Gasteiger partial charge on any atom is -0.490 e. The first-order chi connectivity index (χ1) is 9.08. The molecule has 0 bridgehead atoms. The second-order valence-electron chi connectivity index (χ2n) is 4.59. The molecule has 2 aromatic carbocycles. The topological polar surface area (TPSA) is 29.5 Å². The fraction of sp³-hybridized carbons (Fsp3) is 0.250. The molecule has 0 saturated heterocycles. The van der Waals surface area contributed by atoms with Crippen LogP contribution in [0.3, 0.4) is 0 Å². The van der Waals surface area contributed by atoms with Crippen molar-refractivity contribution in [2.45, 2.75) is 20.0 Å². The molecule has 0 aliphatic heterocycles. The van der Waals surface area contributed by atoms with Gasteiger partial charge in [0.15, 0.2) is 0 Å². The number of ether oxygens (including phenoxy) is 1. The minimum atomic E-state index is -0.719. The predicted molar refractivity (Wildman–Crippen MR) is 72.8 cm³/mol. The van der Waals surface area contributed by atoms with Crippen molar-refractivity contribution in [1.82, 2.24) is 0 Å². The molecule has 2 nitrogen and oxygen atoms in total. The Morgan fingerprint density at radius 2 is 1.84 bits per heavy atom. The average molecular weight is 260 g/mol. The summed E-state index contributed by atoms with van der Waals surface area (Å²) in [6.07, 6.45) is -0.719. The Morgan fingerprint density at radius 1 is 1.11 bits per heavy atom. The number of hydrogen-bond acceptors (Lipinski definition) is 2. The van der Waals surface area contributed by atoms with Gasteiger partial charge in [0, 0.05) is 6.07 Å². The van der Waals surface area contributed by atoms with Gasteiger partial charge in [-0.1, -0.05) is 30.3 Å². The van der Waals surface area contributed by atoms with E-state index in [0.717, 1.165) is 16.7 Å². The molecular formula is C16H17FO2. The summed E-state index contributed by atoms with van der Waals surface area (Å²) < 4.78 is 18.6. The van der Waals surface area contributed by atoms with Gasteiger partial charge in [-0.15, -0.1) is 0 Å². The van der Waals surface area contributed by atoms with Crippen LogP contribution in [-0.2, 0) is 0 Å². The van der Waals surface area contributed by atoms with Crippen molar-refractivity contribution in [2.24, 2.45) is 0 Å². The summed E-state index contributed by atoms with van der Waals surface area (Å²) in [6, 6.07) is 12.0. The maximum atomic E-state index is 13.1. The molecule has 1 unspecified atom stereocenters. The van der Waals surface area contributed by atoms with E-state index >= 15 is 0 Å². The van der Waals surface area contributed by atoms with Gasteiger partial charge in [0.2, 0.25) is 0 Å². The van der Waals surface area contributed by atoms with Crippen molar-refractivity contribution in [1.29, 1.82) is 0 Å². The molecule has 1 N–H and O–H groups in total.